The minimum atomic E-state index is -0.179. The highest BCUT2D eigenvalue weighted by molar-refractivity contribution is 7.99. The molecule has 0 atom stereocenters. The van der Waals surface area contributed by atoms with Crippen molar-refractivity contribution in [3.05, 3.63) is 36.1 Å². The Morgan fingerprint density at radius 2 is 2.08 bits per heavy atom. The van der Waals surface area contributed by atoms with Crippen LogP contribution >= 0.6 is 11.8 Å². The second-order valence-electron chi connectivity index (χ2n) is 4.76. The molecule has 24 heavy (non-hydrogen) atoms. The first kappa shape index (κ1) is 16.1. The third kappa shape index (κ3) is 3.93. The Hall–Kier alpha value is -2.81. The largest absolute Gasteiger partial charge is 0.497 e. The lowest BCUT2D eigenvalue weighted by Gasteiger charge is -2.05. The molecule has 0 spiro atoms. The van der Waals surface area contributed by atoms with Crippen LogP contribution in [0.15, 0.2) is 44.5 Å². The number of anilines is 1. The number of methoxy groups -OCH3 is 1. The van der Waals surface area contributed by atoms with E-state index in [1.807, 2.05) is 0 Å². The summed E-state index contributed by atoms with van der Waals surface area (Å²) < 4.78 is 15.5. The summed E-state index contributed by atoms with van der Waals surface area (Å²) in [5, 5.41) is 14.6. The molecule has 0 aliphatic heterocycles. The SMILES string of the molecule is COc1ccc(NC(=O)CSc2nnc(-c3cc(C)on3)o2)cc1. The fraction of sp³-hybridized carbons (Fsp3) is 0.200. The molecule has 1 aromatic carbocycles. The van der Waals surface area contributed by atoms with Gasteiger partial charge in [-0.1, -0.05) is 16.9 Å². The van der Waals surface area contributed by atoms with Gasteiger partial charge in [-0.05, 0) is 31.2 Å². The first-order valence-electron chi connectivity index (χ1n) is 6.98. The highest BCUT2D eigenvalue weighted by atomic mass is 32.2. The number of benzene rings is 1. The summed E-state index contributed by atoms with van der Waals surface area (Å²) in [7, 11) is 1.59. The number of amides is 1. The Morgan fingerprint density at radius 3 is 2.75 bits per heavy atom. The van der Waals surface area contributed by atoms with Crippen LogP contribution in [0.5, 0.6) is 5.75 Å². The van der Waals surface area contributed by atoms with Gasteiger partial charge in [0.25, 0.3) is 11.1 Å². The van der Waals surface area contributed by atoms with Crippen LogP contribution in [0.4, 0.5) is 5.69 Å². The summed E-state index contributed by atoms with van der Waals surface area (Å²) in [6.45, 7) is 1.77. The van der Waals surface area contributed by atoms with Gasteiger partial charge in [0.15, 0.2) is 5.69 Å². The molecule has 124 valence electrons. The molecular weight excluding hydrogens is 332 g/mol. The zero-order chi connectivity index (χ0) is 16.9. The van der Waals surface area contributed by atoms with Crippen LogP contribution in [0.2, 0.25) is 0 Å². The number of hydrogen-bond acceptors (Lipinski definition) is 8. The van der Waals surface area contributed by atoms with Gasteiger partial charge in [0, 0.05) is 11.8 Å². The number of aromatic nitrogens is 3. The minimum absolute atomic E-state index is 0.144. The molecule has 0 radical (unpaired) electrons. The summed E-state index contributed by atoms with van der Waals surface area (Å²) in [5.41, 5.74) is 1.15. The van der Waals surface area contributed by atoms with Gasteiger partial charge in [-0.2, -0.15) is 0 Å². The minimum Gasteiger partial charge on any atom is -0.497 e. The summed E-state index contributed by atoms with van der Waals surface area (Å²) >= 11 is 1.14. The molecule has 0 fully saturated rings. The highest BCUT2D eigenvalue weighted by Crippen LogP contribution is 2.23. The van der Waals surface area contributed by atoms with E-state index < -0.39 is 0 Å². The lowest BCUT2D eigenvalue weighted by Crippen LogP contribution is -2.13. The van der Waals surface area contributed by atoms with Gasteiger partial charge < -0.3 is 19.0 Å². The second-order valence-corrected chi connectivity index (χ2v) is 5.69. The number of rotatable bonds is 6. The molecule has 2 heterocycles. The van der Waals surface area contributed by atoms with Crippen molar-refractivity contribution in [3.63, 3.8) is 0 Å². The van der Waals surface area contributed by atoms with Crippen LogP contribution in [0, 0.1) is 6.92 Å². The molecular formula is C15H14N4O4S. The van der Waals surface area contributed by atoms with Crippen molar-refractivity contribution in [1.29, 1.82) is 0 Å². The molecule has 0 aliphatic carbocycles. The van der Waals surface area contributed by atoms with Crippen molar-refractivity contribution < 1.29 is 18.5 Å². The summed E-state index contributed by atoms with van der Waals surface area (Å²) in [4.78, 5) is 11.9. The zero-order valence-corrected chi connectivity index (χ0v) is 13.8. The lowest BCUT2D eigenvalue weighted by atomic mass is 10.3. The van der Waals surface area contributed by atoms with Crippen LogP contribution in [-0.4, -0.2) is 34.1 Å². The van der Waals surface area contributed by atoms with Crippen molar-refractivity contribution in [2.75, 3.05) is 18.2 Å². The Kier molecular flexibility index (Phi) is 4.80. The highest BCUT2D eigenvalue weighted by Gasteiger charge is 2.14. The maximum Gasteiger partial charge on any atom is 0.277 e. The molecule has 0 unspecified atom stereocenters. The Balaban J connectivity index is 1.53. The van der Waals surface area contributed by atoms with Crippen LogP contribution in [0.3, 0.4) is 0 Å². The third-order valence-corrected chi connectivity index (χ3v) is 3.77. The van der Waals surface area contributed by atoms with Crippen molar-refractivity contribution >= 4 is 23.4 Å². The van der Waals surface area contributed by atoms with Gasteiger partial charge in [-0.25, -0.2) is 0 Å². The molecule has 0 saturated carbocycles. The maximum absolute atomic E-state index is 11.9. The quantitative estimate of drug-likeness (QED) is 0.680. The molecule has 8 nitrogen and oxygen atoms in total. The Bertz CT molecular complexity index is 828. The smallest absolute Gasteiger partial charge is 0.277 e. The van der Waals surface area contributed by atoms with Gasteiger partial charge in [-0.3, -0.25) is 4.79 Å². The van der Waals surface area contributed by atoms with Crippen molar-refractivity contribution in [3.8, 4) is 17.3 Å². The van der Waals surface area contributed by atoms with Crippen LogP contribution in [0.1, 0.15) is 5.76 Å². The monoisotopic (exact) mass is 346 g/mol. The van der Waals surface area contributed by atoms with E-state index in [9.17, 15) is 4.79 Å². The fourth-order valence-corrected chi connectivity index (χ4v) is 2.40. The standard InChI is InChI=1S/C15H14N4O4S/c1-9-7-12(19-23-9)14-17-18-15(22-14)24-8-13(20)16-10-3-5-11(21-2)6-4-10/h3-7H,8H2,1-2H3,(H,16,20). The van der Waals surface area contributed by atoms with Gasteiger partial charge in [0.05, 0.1) is 12.9 Å². The predicted molar refractivity (Wildman–Crippen MR) is 86.9 cm³/mol. The Morgan fingerprint density at radius 1 is 1.29 bits per heavy atom. The summed E-state index contributed by atoms with van der Waals surface area (Å²) in [6, 6.07) is 8.76. The van der Waals surface area contributed by atoms with E-state index >= 15 is 0 Å². The van der Waals surface area contributed by atoms with Crippen LogP contribution in [-0.2, 0) is 4.79 Å². The number of carbonyl (C=O) groups excluding carboxylic acids is 1. The third-order valence-electron chi connectivity index (χ3n) is 2.95. The molecule has 3 rings (SSSR count). The predicted octanol–water partition coefficient (Wildman–Crippen LogP) is 2.77. The van der Waals surface area contributed by atoms with Gasteiger partial charge >= 0.3 is 0 Å². The van der Waals surface area contributed by atoms with E-state index in [-0.39, 0.29) is 22.8 Å². The Labute approximate surface area is 141 Å². The number of nitrogens with zero attached hydrogens (tertiary/aromatic N) is 3. The number of ether oxygens (including phenoxy) is 1. The van der Waals surface area contributed by atoms with E-state index in [4.69, 9.17) is 13.7 Å². The summed E-state index contributed by atoms with van der Waals surface area (Å²) in [5.74, 6) is 1.60. The van der Waals surface area contributed by atoms with Gasteiger partial charge in [-0.15, -0.1) is 10.2 Å². The number of nitrogens with one attached hydrogen (secondary N) is 1. The molecule has 9 heteroatoms. The first-order chi connectivity index (χ1) is 11.6. The van der Waals surface area contributed by atoms with E-state index in [2.05, 4.69) is 20.7 Å². The number of hydrogen-bond donors (Lipinski definition) is 1. The fourth-order valence-electron chi connectivity index (χ4n) is 1.84. The van der Waals surface area contributed by atoms with E-state index in [0.29, 0.717) is 17.1 Å². The average Bonchev–Trinajstić information content (AvgIpc) is 3.22. The maximum atomic E-state index is 11.9. The summed E-state index contributed by atoms with van der Waals surface area (Å²) in [6.07, 6.45) is 0. The molecule has 1 N–H and O–H groups in total. The molecule has 0 aliphatic rings. The zero-order valence-electron chi connectivity index (χ0n) is 13.0. The second kappa shape index (κ2) is 7.18. The van der Waals surface area contributed by atoms with Crippen molar-refractivity contribution in [2.45, 2.75) is 12.1 Å². The molecule has 3 aromatic rings. The average molecular weight is 346 g/mol. The van der Waals surface area contributed by atoms with Gasteiger partial charge in [0.2, 0.25) is 5.91 Å². The number of carbonyl (C=O) groups is 1. The molecule has 0 saturated heterocycles. The van der Waals surface area contributed by atoms with E-state index in [1.54, 1.807) is 44.4 Å². The van der Waals surface area contributed by atoms with Crippen molar-refractivity contribution in [1.82, 2.24) is 15.4 Å². The van der Waals surface area contributed by atoms with Crippen LogP contribution in [0.25, 0.3) is 11.6 Å². The van der Waals surface area contributed by atoms with Crippen LogP contribution < -0.4 is 10.1 Å². The lowest BCUT2D eigenvalue weighted by molar-refractivity contribution is -0.113. The van der Waals surface area contributed by atoms with Gasteiger partial charge in [0.1, 0.15) is 11.5 Å². The molecule has 0 bridgehead atoms. The number of aryl methyl sites for hydroxylation is 1. The topological polar surface area (TPSA) is 103 Å². The van der Waals surface area contributed by atoms with Crippen molar-refractivity contribution in [2.24, 2.45) is 0 Å². The van der Waals surface area contributed by atoms with E-state index in [1.165, 1.54) is 0 Å². The normalized spacial score (nSPS) is 10.6. The van der Waals surface area contributed by atoms with E-state index in [0.717, 1.165) is 17.5 Å². The first-order valence-corrected chi connectivity index (χ1v) is 7.96. The molecule has 1 amide bonds. The molecule has 2 aromatic heterocycles. The number of thioether (sulfide) groups is 1.